The molecule has 0 unspecified atom stereocenters. The number of nitrogens with two attached hydrogens (primary N) is 1. The standard InChI is InChI=1S/C12H15BrN4O3S/c1-3-17-7-11(12(14)15-17)21(18,19)16-8-4-5-9(13)10(6-8)20-2/h4-7,16H,3H2,1-2H3,(H2,14,15). The van der Waals surface area contributed by atoms with Gasteiger partial charge in [0.2, 0.25) is 0 Å². The summed E-state index contributed by atoms with van der Waals surface area (Å²) in [6.45, 7) is 2.38. The molecule has 0 spiro atoms. The van der Waals surface area contributed by atoms with E-state index in [1.54, 1.807) is 18.2 Å². The number of aromatic nitrogens is 2. The molecule has 0 aliphatic carbocycles. The Morgan fingerprint density at radius 3 is 2.76 bits per heavy atom. The Labute approximate surface area is 131 Å². The van der Waals surface area contributed by atoms with Gasteiger partial charge in [-0.15, -0.1) is 0 Å². The molecule has 7 nitrogen and oxygen atoms in total. The molecule has 1 aromatic carbocycles. The highest BCUT2D eigenvalue weighted by molar-refractivity contribution is 9.10. The molecule has 2 rings (SSSR count). The predicted molar refractivity (Wildman–Crippen MR) is 83.8 cm³/mol. The van der Waals surface area contributed by atoms with E-state index in [0.29, 0.717) is 18.0 Å². The number of hydrogen-bond acceptors (Lipinski definition) is 5. The number of nitrogen functional groups attached to an aromatic ring is 1. The first-order valence-corrected chi connectivity index (χ1v) is 8.34. The Hall–Kier alpha value is -1.74. The Morgan fingerprint density at radius 1 is 1.48 bits per heavy atom. The van der Waals surface area contributed by atoms with E-state index < -0.39 is 10.0 Å². The first kappa shape index (κ1) is 15.6. The van der Waals surface area contributed by atoms with Crippen molar-refractivity contribution in [1.29, 1.82) is 0 Å². The van der Waals surface area contributed by atoms with Gasteiger partial charge >= 0.3 is 0 Å². The van der Waals surface area contributed by atoms with Crippen molar-refractivity contribution in [2.24, 2.45) is 0 Å². The van der Waals surface area contributed by atoms with Gasteiger partial charge in [-0.25, -0.2) is 8.42 Å². The Balaban J connectivity index is 2.35. The Kier molecular flexibility index (Phi) is 4.43. The summed E-state index contributed by atoms with van der Waals surface area (Å²) in [4.78, 5) is -0.0498. The average molecular weight is 375 g/mol. The van der Waals surface area contributed by atoms with Crippen molar-refractivity contribution in [3.8, 4) is 5.75 Å². The van der Waals surface area contributed by atoms with Gasteiger partial charge in [0.15, 0.2) is 5.82 Å². The fraction of sp³-hybridized carbons (Fsp3) is 0.250. The summed E-state index contributed by atoms with van der Waals surface area (Å²) in [6.07, 6.45) is 1.40. The van der Waals surface area contributed by atoms with Crippen molar-refractivity contribution in [2.75, 3.05) is 17.6 Å². The van der Waals surface area contributed by atoms with Gasteiger partial charge in [0.05, 0.1) is 17.3 Å². The van der Waals surface area contributed by atoms with Crippen molar-refractivity contribution < 1.29 is 13.2 Å². The first-order chi connectivity index (χ1) is 9.87. The molecule has 0 saturated heterocycles. The minimum atomic E-state index is -3.80. The molecule has 0 radical (unpaired) electrons. The summed E-state index contributed by atoms with van der Waals surface area (Å²) in [5.41, 5.74) is 6.03. The van der Waals surface area contributed by atoms with Crippen LogP contribution >= 0.6 is 15.9 Å². The van der Waals surface area contributed by atoms with E-state index in [4.69, 9.17) is 10.5 Å². The lowest BCUT2D eigenvalue weighted by Crippen LogP contribution is -2.14. The lowest BCUT2D eigenvalue weighted by atomic mass is 10.3. The van der Waals surface area contributed by atoms with Crippen molar-refractivity contribution >= 4 is 37.5 Å². The highest BCUT2D eigenvalue weighted by Gasteiger charge is 2.21. The van der Waals surface area contributed by atoms with Crippen LogP contribution in [0.2, 0.25) is 0 Å². The molecule has 0 fully saturated rings. The number of anilines is 2. The maximum atomic E-state index is 12.3. The quantitative estimate of drug-likeness (QED) is 0.834. The Morgan fingerprint density at radius 2 is 2.19 bits per heavy atom. The minimum absolute atomic E-state index is 0.0339. The highest BCUT2D eigenvalue weighted by atomic mass is 79.9. The summed E-state index contributed by atoms with van der Waals surface area (Å²) in [7, 11) is -2.30. The van der Waals surface area contributed by atoms with Crippen molar-refractivity contribution in [1.82, 2.24) is 9.78 Å². The molecular formula is C12H15BrN4O3S. The van der Waals surface area contributed by atoms with Crippen molar-refractivity contribution in [2.45, 2.75) is 18.4 Å². The predicted octanol–water partition coefficient (Wildman–Crippen LogP) is 2.06. The van der Waals surface area contributed by atoms with Crippen LogP contribution in [0.3, 0.4) is 0 Å². The molecule has 0 atom stereocenters. The molecule has 0 saturated carbocycles. The maximum Gasteiger partial charge on any atom is 0.267 e. The van der Waals surface area contributed by atoms with Crippen LogP contribution in [-0.4, -0.2) is 25.3 Å². The zero-order valence-electron chi connectivity index (χ0n) is 11.5. The number of benzene rings is 1. The highest BCUT2D eigenvalue weighted by Crippen LogP contribution is 2.29. The molecule has 1 aromatic heterocycles. The molecule has 2 aromatic rings. The number of methoxy groups -OCH3 is 1. The molecule has 3 N–H and O–H groups in total. The Bertz CT molecular complexity index is 758. The molecule has 21 heavy (non-hydrogen) atoms. The van der Waals surface area contributed by atoms with Crippen molar-refractivity contribution in [3.63, 3.8) is 0 Å². The van der Waals surface area contributed by atoms with Gasteiger partial charge in [0.25, 0.3) is 10.0 Å². The fourth-order valence-corrected chi connectivity index (χ4v) is 3.25. The summed E-state index contributed by atoms with van der Waals surface area (Å²) in [5.74, 6) is 0.487. The van der Waals surface area contributed by atoms with Crippen LogP contribution in [0.25, 0.3) is 0 Å². The monoisotopic (exact) mass is 374 g/mol. The minimum Gasteiger partial charge on any atom is -0.495 e. The number of nitrogens with one attached hydrogen (secondary N) is 1. The molecule has 114 valence electrons. The van der Waals surface area contributed by atoms with E-state index in [2.05, 4.69) is 25.8 Å². The van der Waals surface area contributed by atoms with E-state index >= 15 is 0 Å². The van der Waals surface area contributed by atoms with Crippen molar-refractivity contribution in [3.05, 3.63) is 28.9 Å². The summed E-state index contributed by atoms with van der Waals surface area (Å²) < 4.78 is 34.5. The number of nitrogens with zero attached hydrogens (tertiary/aromatic N) is 2. The van der Waals surface area contributed by atoms with Gasteiger partial charge in [-0.2, -0.15) is 5.10 Å². The SMILES string of the molecule is CCn1cc(S(=O)(=O)Nc2ccc(Br)c(OC)c2)c(N)n1. The number of aryl methyl sites for hydroxylation is 1. The molecule has 0 aliphatic rings. The summed E-state index contributed by atoms with van der Waals surface area (Å²) >= 11 is 3.30. The molecule has 1 heterocycles. The molecule has 0 aliphatic heterocycles. The zero-order valence-corrected chi connectivity index (χ0v) is 13.9. The summed E-state index contributed by atoms with van der Waals surface area (Å²) in [5, 5.41) is 3.93. The zero-order chi connectivity index (χ0) is 15.6. The third kappa shape index (κ3) is 3.30. The average Bonchev–Trinajstić information content (AvgIpc) is 2.83. The van der Waals surface area contributed by atoms with E-state index in [1.165, 1.54) is 18.0 Å². The largest absolute Gasteiger partial charge is 0.495 e. The maximum absolute atomic E-state index is 12.3. The first-order valence-electron chi connectivity index (χ1n) is 6.06. The third-order valence-electron chi connectivity index (χ3n) is 2.77. The van der Waals surface area contributed by atoms with Crippen LogP contribution in [0.1, 0.15) is 6.92 Å². The van der Waals surface area contributed by atoms with Gasteiger partial charge in [-0.1, -0.05) is 0 Å². The van der Waals surface area contributed by atoms with Gasteiger partial charge in [0, 0.05) is 18.8 Å². The molecule has 0 amide bonds. The number of sulfonamides is 1. The number of hydrogen-bond donors (Lipinski definition) is 2. The normalized spacial score (nSPS) is 11.4. The molecular weight excluding hydrogens is 360 g/mol. The van der Waals surface area contributed by atoms with E-state index in [0.717, 1.165) is 4.47 Å². The van der Waals surface area contributed by atoms with Crippen LogP contribution < -0.4 is 15.2 Å². The molecule has 9 heteroatoms. The van der Waals surface area contributed by atoms with Gasteiger partial charge in [-0.3, -0.25) is 9.40 Å². The lowest BCUT2D eigenvalue weighted by Gasteiger charge is -2.09. The van der Waals surface area contributed by atoms with Crippen LogP contribution in [0, 0.1) is 0 Å². The number of ether oxygens (including phenoxy) is 1. The molecule has 0 bridgehead atoms. The van der Waals surface area contributed by atoms with Gasteiger partial charge in [0.1, 0.15) is 10.6 Å². The smallest absolute Gasteiger partial charge is 0.267 e. The second-order valence-electron chi connectivity index (χ2n) is 4.19. The van der Waals surface area contributed by atoms with Crippen LogP contribution in [0.5, 0.6) is 5.75 Å². The third-order valence-corrected chi connectivity index (χ3v) is 4.82. The summed E-state index contributed by atoms with van der Waals surface area (Å²) in [6, 6.07) is 4.88. The lowest BCUT2D eigenvalue weighted by molar-refractivity contribution is 0.412. The van der Waals surface area contributed by atoms with Crippen LogP contribution in [0.15, 0.2) is 33.8 Å². The van der Waals surface area contributed by atoms with Crippen LogP contribution in [0.4, 0.5) is 11.5 Å². The topological polar surface area (TPSA) is 99.2 Å². The number of rotatable bonds is 5. The van der Waals surface area contributed by atoms with Gasteiger partial charge in [-0.05, 0) is 35.0 Å². The fourth-order valence-electron chi connectivity index (χ4n) is 1.72. The second-order valence-corrected chi connectivity index (χ2v) is 6.69. The second kappa shape index (κ2) is 5.94. The van der Waals surface area contributed by atoms with Crippen LogP contribution in [-0.2, 0) is 16.6 Å². The van der Waals surface area contributed by atoms with Gasteiger partial charge < -0.3 is 10.5 Å². The van der Waals surface area contributed by atoms with E-state index in [9.17, 15) is 8.42 Å². The van der Waals surface area contributed by atoms with E-state index in [-0.39, 0.29) is 10.7 Å². The number of halogens is 1. The van der Waals surface area contributed by atoms with E-state index in [1.807, 2.05) is 6.92 Å².